The molecule has 0 N–H and O–H groups in total. The third-order valence-corrected chi connectivity index (χ3v) is 4.44. The first kappa shape index (κ1) is 19.0. The smallest absolute Gasteiger partial charge is 0.299 e. The van der Waals surface area contributed by atoms with Crippen molar-refractivity contribution >= 4 is 5.52 Å². The molecule has 0 fully saturated rings. The first-order valence-corrected chi connectivity index (χ1v) is 8.47. The van der Waals surface area contributed by atoms with E-state index in [1.807, 2.05) is 0 Å². The van der Waals surface area contributed by atoms with Crippen molar-refractivity contribution in [1.82, 2.24) is 9.38 Å². The summed E-state index contributed by atoms with van der Waals surface area (Å²) in [5, 5.41) is 0. The largest absolute Gasteiger partial charge is 0.416 e. The van der Waals surface area contributed by atoms with Crippen molar-refractivity contribution < 1.29 is 26.3 Å². The Balaban J connectivity index is 2.01. The Morgan fingerprint density at radius 2 is 1.24 bits per heavy atom. The highest BCUT2D eigenvalue weighted by Crippen LogP contribution is 2.39. The average Bonchev–Trinajstić information content (AvgIpc) is 3.07. The summed E-state index contributed by atoms with van der Waals surface area (Å²) in [6, 6.07) is 15.4. The fourth-order valence-corrected chi connectivity index (χ4v) is 3.13. The lowest BCUT2D eigenvalue weighted by atomic mass is 10.0. The number of pyridine rings is 1. The van der Waals surface area contributed by atoms with Gasteiger partial charge >= 0.3 is 12.4 Å². The molecule has 0 bridgehead atoms. The van der Waals surface area contributed by atoms with E-state index >= 15 is 0 Å². The zero-order valence-corrected chi connectivity index (χ0v) is 14.6. The third kappa shape index (κ3) is 3.57. The molecule has 2 aromatic heterocycles. The molecule has 0 unspecified atom stereocenters. The minimum absolute atomic E-state index is 0.00365. The minimum atomic E-state index is -4.93. The van der Waals surface area contributed by atoms with Crippen LogP contribution in [-0.4, -0.2) is 9.38 Å². The van der Waals surface area contributed by atoms with Gasteiger partial charge in [-0.1, -0.05) is 36.4 Å². The van der Waals surface area contributed by atoms with Crippen molar-refractivity contribution in [2.24, 2.45) is 0 Å². The predicted molar refractivity (Wildman–Crippen MR) is 96.1 cm³/mol. The molecule has 4 rings (SSSR count). The van der Waals surface area contributed by atoms with Crippen molar-refractivity contribution in [2.75, 3.05) is 0 Å². The average molecular weight is 406 g/mol. The number of aromatic nitrogens is 2. The number of hydrogen-bond acceptors (Lipinski definition) is 1. The Bertz CT molecular complexity index is 1140. The molecule has 0 atom stereocenters. The van der Waals surface area contributed by atoms with Gasteiger partial charge in [0.2, 0.25) is 0 Å². The predicted octanol–water partition coefficient (Wildman–Crippen LogP) is 6.71. The fourth-order valence-electron chi connectivity index (χ4n) is 3.13. The lowest BCUT2D eigenvalue weighted by molar-refractivity contribution is -0.143. The number of nitrogens with zero attached hydrogens (tertiary/aromatic N) is 2. The van der Waals surface area contributed by atoms with Crippen LogP contribution in [0.3, 0.4) is 0 Å². The third-order valence-electron chi connectivity index (χ3n) is 4.44. The molecular weight excluding hydrogens is 394 g/mol. The van der Waals surface area contributed by atoms with Gasteiger partial charge in [0.15, 0.2) is 0 Å². The van der Waals surface area contributed by atoms with Gasteiger partial charge in [-0.15, -0.1) is 0 Å². The molecule has 29 heavy (non-hydrogen) atoms. The standard InChI is InChI=1S/C21H12F6N2/c22-20(23,24)15-10-14(11-16(12-15)21(25,26)27)19-28-18(13-6-2-1-3-7-13)17-8-4-5-9-29(17)19/h1-12H. The topological polar surface area (TPSA) is 17.3 Å². The van der Waals surface area contributed by atoms with E-state index < -0.39 is 23.5 Å². The molecule has 0 aliphatic rings. The lowest BCUT2D eigenvalue weighted by Crippen LogP contribution is -2.11. The van der Waals surface area contributed by atoms with Crippen LogP contribution in [0.5, 0.6) is 0 Å². The molecule has 2 nitrogen and oxygen atoms in total. The van der Waals surface area contributed by atoms with Crippen LogP contribution in [0, 0.1) is 0 Å². The van der Waals surface area contributed by atoms with Gasteiger partial charge < -0.3 is 0 Å². The highest BCUT2D eigenvalue weighted by Gasteiger charge is 2.37. The van der Waals surface area contributed by atoms with Crippen LogP contribution in [-0.2, 0) is 12.4 Å². The summed E-state index contributed by atoms with van der Waals surface area (Å²) in [4.78, 5) is 4.40. The zero-order chi connectivity index (χ0) is 20.8. The summed E-state index contributed by atoms with van der Waals surface area (Å²) in [6.45, 7) is 0. The Morgan fingerprint density at radius 1 is 0.655 bits per heavy atom. The van der Waals surface area contributed by atoms with Gasteiger partial charge in [0, 0.05) is 17.3 Å². The van der Waals surface area contributed by atoms with Crippen LogP contribution in [0.25, 0.3) is 28.2 Å². The fraction of sp³-hybridized carbons (Fsp3) is 0.0952. The molecule has 4 aromatic rings. The van der Waals surface area contributed by atoms with Crippen LogP contribution in [0.2, 0.25) is 0 Å². The summed E-state index contributed by atoms with van der Waals surface area (Å²) in [5.41, 5.74) is -1.29. The molecule has 0 amide bonds. The number of benzene rings is 2. The summed E-state index contributed by atoms with van der Waals surface area (Å²) < 4.78 is 80.9. The van der Waals surface area contributed by atoms with Crippen LogP contribution in [0.1, 0.15) is 11.1 Å². The Kier molecular flexibility index (Phi) is 4.37. The maximum Gasteiger partial charge on any atom is 0.416 e. The maximum atomic E-state index is 13.2. The lowest BCUT2D eigenvalue weighted by Gasteiger charge is -2.13. The first-order chi connectivity index (χ1) is 13.6. The Hall–Kier alpha value is -3.29. The van der Waals surface area contributed by atoms with Crippen molar-refractivity contribution in [2.45, 2.75) is 12.4 Å². The number of rotatable bonds is 2. The quantitative estimate of drug-likeness (QED) is 0.339. The number of fused-ring (bicyclic) bond motifs is 1. The molecule has 0 aliphatic carbocycles. The van der Waals surface area contributed by atoms with Gasteiger partial charge in [0.05, 0.1) is 22.3 Å². The van der Waals surface area contributed by atoms with E-state index in [1.165, 1.54) is 4.40 Å². The van der Waals surface area contributed by atoms with Crippen molar-refractivity contribution in [3.05, 3.63) is 84.1 Å². The molecule has 2 aromatic carbocycles. The number of halogens is 6. The molecule has 2 heterocycles. The molecule has 0 spiro atoms. The Morgan fingerprint density at radius 3 is 1.83 bits per heavy atom. The normalized spacial score (nSPS) is 12.5. The Labute approximate surface area is 161 Å². The van der Waals surface area contributed by atoms with Crippen molar-refractivity contribution in [3.8, 4) is 22.6 Å². The second kappa shape index (κ2) is 6.65. The summed E-state index contributed by atoms with van der Waals surface area (Å²) in [7, 11) is 0. The van der Waals surface area contributed by atoms with Gasteiger partial charge in [-0.05, 0) is 30.3 Å². The highest BCUT2D eigenvalue weighted by molar-refractivity contribution is 5.81. The summed E-state index contributed by atoms with van der Waals surface area (Å²) in [5.74, 6) is -0.00365. The van der Waals surface area contributed by atoms with E-state index in [9.17, 15) is 26.3 Å². The second-order valence-electron chi connectivity index (χ2n) is 6.40. The number of hydrogen-bond donors (Lipinski definition) is 0. The second-order valence-corrected chi connectivity index (χ2v) is 6.40. The summed E-state index contributed by atoms with van der Waals surface area (Å²) in [6.07, 6.45) is -8.30. The van der Waals surface area contributed by atoms with E-state index in [0.717, 1.165) is 0 Å². The zero-order valence-electron chi connectivity index (χ0n) is 14.6. The van der Waals surface area contributed by atoms with Crippen LogP contribution in [0.4, 0.5) is 26.3 Å². The van der Waals surface area contributed by atoms with Gasteiger partial charge in [-0.2, -0.15) is 26.3 Å². The first-order valence-electron chi connectivity index (χ1n) is 8.47. The minimum Gasteiger partial charge on any atom is -0.299 e. The number of imidazole rings is 1. The van der Waals surface area contributed by atoms with Crippen molar-refractivity contribution in [3.63, 3.8) is 0 Å². The van der Waals surface area contributed by atoms with Gasteiger partial charge in [0.1, 0.15) is 5.82 Å². The monoisotopic (exact) mass is 406 g/mol. The molecule has 0 saturated carbocycles. The molecule has 148 valence electrons. The summed E-state index contributed by atoms with van der Waals surface area (Å²) >= 11 is 0. The van der Waals surface area contributed by atoms with E-state index in [0.29, 0.717) is 28.9 Å². The van der Waals surface area contributed by atoms with E-state index in [-0.39, 0.29) is 17.5 Å². The van der Waals surface area contributed by atoms with Crippen LogP contribution < -0.4 is 0 Å². The van der Waals surface area contributed by atoms with Crippen LogP contribution >= 0.6 is 0 Å². The van der Waals surface area contributed by atoms with Crippen LogP contribution in [0.15, 0.2) is 72.9 Å². The van der Waals surface area contributed by atoms with E-state index in [1.54, 1.807) is 54.7 Å². The highest BCUT2D eigenvalue weighted by atomic mass is 19.4. The molecule has 0 radical (unpaired) electrons. The molecule has 8 heteroatoms. The number of alkyl halides is 6. The molecule has 0 saturated heterocycles. The SMILES string of the molecule is FC(F)(F)c1cc(-c2nc(-c3ccccc3)c3ccccn23)cc(C(F)(F)F)c1. The molecule has 0 aliphatic heterocycles. The molecular formula is C21H12F6N2. The maximum absolute atomic E-state index is 13.2. The van der Waals surface area contributed by atoms with Crippen molar-refractivity contribution in [1.29, 1.82) is 0 Å². The van der Waals surface area contributed by atoms with Gasteiger partial charge in [-0.3, -0.25) is 4.40 Å². The van der Waals surface area contributed by atoms with E-state index in [2.05, 4.69) is 4.98 Å². The van der Waals surface area contributed by atoms with Gasteiger partial charge in [-0.25, -0.2) is 4.98 Å². The van der Waals surface area contributed by atoms with Gasteiger partial charge in [0.25, 0.3) is 0 Å². The van der Waals surface area contributed by atoms with E-state index in [4.69, 9.17) is 0 Å².